The number of hydrogen-bond donors (Lipinski definition) is 1. The first kappa shape index (κ1) is 17.7. The van der Waals surface area contributed by atoms with Gasteiger partial charge >= 0.3 is 0 Å². The van der Waals surface area contributed by atoms with E-state index in [-0.39, 0.29) is 11.9 Å². The number of amides is 1. The lowest BCUT2D eigenvalue weighted by Gasteiger charge is -2.34. The quantitative estimate of drug-likeness (QED) is 0.879. The number of carbonyl (C=O) groups excluding carboxylic acids is 1. The fraction of sp³-hybridized carbons (Fsp3) is 0.500. The minimum atomic E-state index is -0.297. The standard InChI is InChI=1S/C20H28N4O/c1-21-19(18-14-22-23(2)15-18)20(25)24-12-10-17(11-13-24)9-8-16-6-4-3-5-7-16/h3-7,14-15,17,19,21H,8-13H2,1-2H3. The Morgan fingerprint density at radius 2 is 2.00 bits per heavy atom. The monoisotopic (exact) mass is 340 g/mol. The molecule has 2 heterocycles. The van der Waals surface area contributed by atoms with Crippen molar-refractivity contribution in [3.63, 3.8) is 0 Å². The van der Waals surface area contributed by atoms with Crippen LogP contribution in [-0.2, 0) is 18.3 Å². The van der Waals surface area contributed by atoms with Crippen LogP contribution >= 0.6 is 0 Å². The number of likely N-dealkylation sites (tertiary alicyclic amines) is 1. The van der Waals surface area contributed by atoms with Crippen molar-refractivity contribution in [3.05, 3.63) is 53.9 Å². The lowest BCUT2D eigenvalue weighted by atomic mass is 9.90. The van der Waals surface area contributed by atoms with Crippen molar-refractivity contribution in [2.75, 3.05) is 20.1 Å². The Balaban J connectivity index is 1.50. The molecule has 1 aromatic heterocycles. The van der Waals surface area contributed by atoms with Gasteiger partial charge in [-0.2, -0.15) is 5.10 Å². The van der Waals surface area contributed by atoms with E-state index in [4.69, 9.17) is 0 Å². The molecular formula is C20H28N4O. The van der Waals surface area contributed by atoms with E-state index in [0.29, 0.717) is 0 Å². The zero-order valence-corrected chi connectivity index (χ0v) is 15.2. The number of aromatic nitrogens is 2. The Morgan fingerprint density at radius 3 is 2.60 bits per heavy atom. The number of hydrogen-bond acceptors (Lipinski definition) is 3. The van der Waals surface area contributed by atoms with E-state index >= 15 is 0 Å². The third-order valence-corrected chi connectivity index (χ3v) is 5.20. The van der Waals surface area contributed by atoms with Gasteiger partial charge in [-0.1, -0.05) is 30.3 Å². The molecule has 0 spiro atoms. The zero-order chi connectivity index (χ0) is 17.6. The highest BCUT2D eigenvalue weighted by atomic mass is 16.2. The van der Waals surface area contributed by atoms with E-state index in [0.717, 1.165) is 43.8 Å². The highest BCUT2D eigenvalue weighted by Crippen LogP contribution is 2.25. The predicted molar refractivity (Wildman–Crippen MR) is 99.1 cm³/mol. The molecule has 1 aliphatic rings. The molecule has 3 rings (SSSR count). The largest absolute Gasteiger partial charge is 0.341 e. The normalized spacial score (nSPS) is 16.8. The Hall–Kier alpha value is -2.14. The molecule has 1 aromatic carbocycles. The molecule has 1 N–H and O–H groups in total. The summed E-state index contributed by atoms with van der Waals surface area (Å²) in [6, 6.07) is 10.4. The molecule has 0 aliphatic carbocycles. The van der Waals surface area contributed by atoms with E-state index in [9.17, 15) is 4.79 Å². The first-order chi connectivity index (χ1) is 12.2. The van der Waals surface area contributed by atoms with Crippen LogP contribution in [0.25, 0.3) is 0 Å². The van der Waals surface area contributed by atoms with Gasteiger partial charge in [0.1, 0.15) is 6.04 Å². The van der Waals surface area contributed by atoms with E-state index in [2.05, 4.69) is 40.7 Å². The van der Waals surface area contributed by atoms with Gasteiger partial charge in [0.2, 0.25) is 5.91 Å². The van der Waals surface area contributed by atoms with Crippen LogP contribution < -0.4 is 5.32 Å². The van der Waals surface area contributed by atoms with Crippen molar-refractivity contribution in [2.24, 2.45) is 13.0 Å². The van der Waals surface area contributed by atoms with Gasteiger partial charge in [-0.05, 0) is 44.2 Å². The molecule has 134 valence electrons. The number of rotatable bonds is 6. The fourth-order valence-corrected chi connectivity index (χ4v) is 3.66. The summed E-state index contributed by atoms with van der Waals surface area (Å²) >= 11 is 0. The summed E-state index contributed by atoms with van der Waals surface area (Å²) in [6.45, 7) is 1.72. The van der Waals surface area contributed by atoms with Gasteiger partial charge in [0.15, 0.2) is 0 Å². The number of piperidine rings is 1. The summed E-state index contributed by atoms with van der Waals surface area (Å²) in [5.74, 6) is 0.882. The molecule has 1 unspecified atom stereocenters. The lowest BCUT2D eigenvalue weighted by Crippen LogP contribution is -2.44. The van der Waals surface area contributed by atoms with Crippen LogP contribution in [-0.4, -0.2) is 40.7 Å². The molecule has 1 atom stereocenters. The van der Waals surface area contributed by atoms with E-state index in [1.807, 2.05) is 25.2 Å². The second-order valence-electron chi connectivity index (χ2n) is 6.96. The van der Waals surface area contributed by atoms with Crippen molar-refractivity contribution in [3.8, 4) is 0 Å². The van der Waals surface area contributed by atoms with Crippen LogP contribution in [0, 0.1) is 5.92 Å². The van der Waals surface area contributed by atoms with Gasteiger partial charge in [-0.15, -0.1) is 0 Å². The summed E-state index contributed by atoms with van der Waals surface area (Å²) in [5, 5.41) is 7.33. The minimum Gasteiger partial charge on any atom is -0.341 e. The number of carbonyl (C=O) groups is 1. The molecule has 0 radical (unpaired) electrons. The van der Waals surface area contributed by atoms with E-state index in [1.54, 1.807) is 10.9 Å². The van der Waals surface area contributed by atoms with Gasteiger partial charge < -0.3 is 10.2 Å². The van der Waals surface area contributed by atoms with E-state index in [1.165, 1.54) is 12.0 Å². The molecule has 2 aromatic rings. The molecule has 5 nitrogen and oxygen atoms in total. The number of likely N-dealkylation sites (N-methyl/N-ethyl adjacent to an activating group) is 1. The minimum absolute atomic E-state index is 0.164. The van der Waals surface area contributed by atoms with Crippen molar-refractivity contribution in [1.82, 2.24) is 20.0 Å². The Bertz CT molecular complexity index is 674. The van der Waals surface area contributed by atoms with Gasteiger partial charge in [0.05, 0.1) is 6.20 Å². The highest BCUT2D eigenvalue weighted by molar-refractivity contribution is 5.83. The number of nitrogens with one attached hydrogen (secondary N) is 1. The van der Waals surface area contributed by atoms with Crippen molar-refractivity contribution in [2.45, 2.75) is 31.7 Å². The lowest BCUT2D eigenvalue weighted by molar-refractivity contribution is -0.135. The first-order valence-electron chi connectivity index (χ1n) is 9.16. The molecule has 1 aliphatic heterocycles. The molecule has 25 heavy (non-hydrogen) atoms. The van der Waals surface area contributed by atoms with Crippen molar-refractivity contribution >= 4 is 5.91 Å². The van der Waals surface area contributed by atoms with Crippen LogP contribution in [0.4, 0.5) is 0 Å². The van der Waals surface area contributed by atoms with Crippen LogP contribution in [0.2, 0.25) is 0 Å². The number of aryl methyl sites for hydroxylation is 2. The SMILES string of the molecule is CNC(C(=O)N1CCC(CCc2ccccc2)CC1)c1cnn(C)c1. The summed E-state index contributed by atoms with van der Waals surface area (Å²) < 4.78 is 1.74. The Labute approximate surface area is 150 Å². The van der Waals surface area contributed by atoms with Gasteiger partial charge in [-0.25, -0.2) is 0 Å². The smallest absolute Gasteiger partial charge is 0.244 e. The average molecular weight is 340 g/mol. The van der Waals surface area contributed by atoms with Crippen molar-refractivity contribution in [1.29, 1.82) is 0 Å². The fourth-order valence-electron chi connectivity index (χ4n) is 3.66. The summed E-state index contributed by atoms with van der Waals surface area (Å²) in [6.07, 6.45) is 8.22. The molecule has 0 saturated carbocycles. The summed E-state index contributed by atoms with van der Waals surface area (Å²) in [7, 11) is 3.71. The maximum absolute atomic E-state index is 12.9. The van der Waals surface area contributed by atoms with Crippen LogP contribution in [0.1, 0.15) is 36.4 Å². The molecule has 1 saturated heterocycles. The Morgan fingerprint density at radius 1 is 1.28 bits per heavy atom. The first-order valence-corrected chi connectivity index (χ1v) is 9.16. The maximum Gasteiger partial charge on any atom is 0.244 e. The average Bonchev–Trinajstić information content (AvgIpc) is 3.08. The van der Waals surface area contributed by atoms with Crippen LogP contribution in [0.15, 0.2) is 42.7 Å². The Kier molecular flexibility index (Phi) is 5.87. The molecule has 5 heteroatoms. The van der Waals surface area contributed by atoms with Gasteiger partial charge in [-0.3, -0.25) is 9.48 Å². The maximum atomic E-state index is 12.9. The van der Waals surface area contributed by atoms with Gasteiger partial charge in [0, 0.05) is 31.9 Å². The number of benzene rings is 1. The molecule has 1 fully saturated rings. The molecule has 1 amide bonds. The van der Waals surface area contributed by atoms with Crippen LogP contribution in [0.3, 0.4) is 0 Å². The third-order valence-electron chi connectivity index (χ3n) is 5.20. The third kappa shape index (κ3) is 4.48. The number of nitrogens with zero attached hydrogens (tertiary/aromatic N) is 3. The second kappa shape index (κ2) is 8.30. The predicted octanol–water partition coefficient (Wildman–Crippen LogP) is 2.55. The second-order valence-corrected chi connectivity index (χ2v) is 6.96. The molecular weight excluding hydrogens is 312 g/mol. The molecule has 0 bridgehead atoms. The van der Waals surface area contributed by atoms with E-state index < -0.39 is 0 Å². The summed E-state index contributed by atoms with van der Waals surface area (Å²) in [4.78, 5) is 14.9. The highest BCUT2D eigenvalue weighted by Gasteiger charge is 2.28. The van der Waals surface area contributed by atoms with Gasteiger partial charge in [0.25, 0.3) is 0 Å². The van der Waals surface area contributed by atoms with Crippen molar-refractivity contribution < 1.29 is 4.79 Å². The summed E-state index contributed by atoms with van der Waals surface area (Å²) in [5.41, 5.74) is 2.34. The topological polar surface area (TPSA) is 50.2 Å². The van der Waals surface area contributed by atoms with Crippen LogP contribution in [0.5, 0.6) is 0 Å². The zero-order valence-electron chi connectivity index (χ0n) is 15.2.